The maximum atomic E-state index is 7.53. The fourth-order valence-electron chi connectivity index (χ4n) is 1.53. The molecule has 0 saturated carbocycles. The van der Waals surface area contributed by atoms with Gasteiger partial charge in [0.1, 0.15) is 10.9 Å². The van der Waals surface area contributed by atoms with Crippen molar-refractivity contribution in [3.63, 3.8) is 0 Å². The van der Waals surface area contributed by atoms with Crippen LogP contribution in [0.3, 0.4) is 0 Å². The van der Waals surface area contributed by atoms with Crippen LogP contribution < -0.4 is 5.73 Å². The number of nitrogens with two attached hydrogens (primary N) is 1. The SMILES string of the molecule is N=C(N)c1ccccc1CSc1ncccc1Cl. The number of aromatic nitrogens is 1. The Morgan fingerprint density at radius 1 is 1.28 bits per heavy atom. The molecule has 0 amide bonds. The molecule has 1 heterocycles. The molecular formula is C13H12ClN3S. The molecule has 0 aliphatic heterocycles. The van der Waals surface area contributed by atoms with E-state index in [2.05, 4.69) is 4.98 Å². The number of hydrogen-bond acceptors (Lipinski definition) is 3. The number of nitrogen functional groups attached to an aromatic ring is 1. The van der Waals surface area contributed by atoms with E-state index in [1.54, 1.807) is 12.3 Å². The fraction of sp³-hybridized carbons (Fsp3) is 0.0769. The molecule has 0 atom stereocenters. The second kappa shape index (κ2) is 5.89. The van der Waals surface area contributed by atoms with E-state index in [0.29, 0.717) is 10.8 Å². The van der Waals surface area contributed by atoms with Crippen molar-refractivity contribution in [2.45, 2.75) is 10.8 Å². The largest absolute Gasteiger partial charge is 0.384 e. The number of halogens is 1. The molecule has 0 radical (unpaired) electrons. The topological polar surface area (TPSA) is 62.8 Å². The van der Waals surface area contributed by atoms with Gasteiger partial charge in [-0.25, -0.2) is 4.98 Å². The van der Waals surface area contributed by atoms with Crippen LogP contribution in [0.15, 0.2) is 47.6 Å². The minimum atomic E-state index is 0.0818. The predicted molar refractivity (Wildman–Crippen MR) is 76.3 cm³/mol. The number of thioether (sulfide) groups is 1. The lowest BCUT2D eigenvalue weighted by atomic mass is 10.1. The van der Waals surface area contributed by atoms with Crippen molar-refractivity contribution >= 4 is 29.2 Å². The Morgan fingerprint density at radius 2 is 2.06 bits per heavy atom. The molecule has 2 aromatic rings. The zero-order valence-electron chi connectivity index (χ0n) is 9.56. The van der Waals surface area contributed by atoms with Crippen LogP contribution in [0.25, 0.3) is 0 Å². The van der Waals surface area contributed by atoms with Gasteiger partial charge in [-0.15, -0.1) is 11.8 Å². The predicted octanol–water partition coefficient (Wildman–Crippen LogP) is 3.31. The number of nitrogens with zero attached hydrogens (tertiary/aromatic N) is 1. The van der Waals surface area contributed by atoms with Gasteiger partial charge in [0, 0.05) is 17.5 Å². The van der Waals surface area contributed by atoms with E-state index in [1.165, 1.54) is 11.8 Å². The second-order valence-electron chi connectivity index (χ2n) is 3.65. The highest BCUT2D eigenvalue weighted by molar-refractivity contribution is 7.98. The van der Waals surface area contributed by atoms with E-state index < -0.39 is 0 Å². The van der Waals surface area contributed by atoms with Gasteiger partial charge in [0.05, 0.1) is 5.02 Å². The molecule has 5 heteroatoms. The fourth-order valence-corrected chi connectivity index (χ4v) is 2.70. The molecule has 0 aliphatic carbocycles. The summed E-state index contributed by atoms with van der Waals surface area (Å²) in [5, 5.41) is 8.96. The van der Waals surface area contributed by atoms with Crippen LogP contribution >= 0.6 is 23.4 Å². The van der Waals surface area contributed by atoms with Crippen LogP contribution in [-0.2, 0) is 5.75 Å². The van der Waals surface area contributed by atoms with Crippen molar-refractivity contribution in [3.8, 4) is 0 Å². The Bertz CT molecular complexity index is 572. The molecule has 92 valence electrons. The molecule has 0 saturated heterocycles. The lowest BCUT2D eigenvalue weighted by molar-refractivity contribution is 1.13. The lowest BCUT2D eigenvalue weighted by Gasteiger charge is -2.07. The van der Waals surface area contributed by atoms with Gasteiger partial charge in [-0.05, 0) is 17.7 Å². The quantitative estimate of drug-likeness (QED) is 0.512. The van der Waals surface area contributed by atoms with Crippen LogP contribution in [0.1, 0.15) is 11.1 Å². The Labute approximate surface area is 115 Å². The standard InChI is InChI=1S/C13H12ClN3S/c14-11-6-3-7-17-13(11)18-8-9-4-1-2-5-10(9)12(15)16/h1-7H,8H2,(H3,15,16). The number of rotatable bonds is 4. The molecule has 1 aromatic carbocycles. The molecule has 0 unspecified atom stereocenters. The van der Waals surface area contributed by atoms with Gasteiger partial charge in [-0.1, -0.05) is 35.9 Å². The normalized spacial score (nSPS) is 10.3. The van der Waals surface area contributed by atoms with E-state index in [9.17, 15) is 0 Å². The third-order valence-electron chi connectivity index (χ3n) is 2.40. The third-order valence-corrected chi connectivity index (χ3v) is 3.87. The first kappa shape index (κ1) is 12.9. The minimum absolute atomic E-state index is 0.0818. The van der Waals surface area contributed by atoms with Gasteiger partial charge >= 0.3 is 0 Å². The first-order valence-corrected chi connectivity index (χ1v) is 6.70. The van der Waals surface area contributed by atoms with E-state index in [0.717, 1.165) is 16.2 Å². The average Bonchev–Trinajstić information content (AvgIpc) is 2.38. The third kappa shape index (κ3) is 3.03. The van der Waals surface area contributed by atoms with Crippen molar-refractivity contribution in [1.82, 2.24) is 4.98 Å². The molecule has 1 aromatic heterocycles. The summed E-state index contributed by atoms with van der Waals surface area (Å²) in [4.78, 5) is 4.21. The summed E-state index contributed by atoms with van der Waals surface area (Å²) >= 11 is 7.58. The Balaban J connectivity index is 2.16. The molecule has 3 N–H and O–H groups in total. The number of amidine groups is 1. The number of benzene rings is 1. The van der Waals surface area contributed by atoms with Crippen LogP contribution in [0.4, 0.5) is 0 Å². The summed E-state index contributed by atoms with van der Waals surface area (Å²) in [5.41, 5.74) is 7.32. The summed E-state index contributed by atoms with van der Waals surface area (Å²) in [6.07, 6.45) is 1.71. The second-order valence-corrected chi connectivity index (χ2v) is 5.02. The van der Waals surface area contributed by atoms with Gasteiger partial charge in [0.2, 0.25) is 0 Å². The lowest BCUT2D eigenvalue weighted by Crippen LogP contribution is -2.13. The van der Waals surface area contributed by atoms with E-state index in [-0.39, 0.29) is 5.84 Å². The van der Waals surface area contributed by atoms with E-state index in [4.69, 9.17) is 22.7 Å². The van der Waals surface area contributed by atoms with Gasteiger partial charge in [0.25, 0.3) is 0 Å². The number of nitrogens with one attached hydrogen (secondary N) is 1. The molecule has 2 rings (SSSR count). The molecule has 18 heavy (non-hydrogen) atoms. The molecular weight excluding hydrogens is 266 g/mol. The molecule has 0 fully saturated rings. The summed E-state index contributed by atoms with van der Waals surface area (Å²) in [7, 11) is 0. The summed E-state index contributed by atoms with van der Waals surface area (Å²) in [5.74, 6) is 0.769. The Morgan fingerprint density at radius 3 is 2.78 bits per heavy atom. The first-order valence-electron chi connectivity index (χ1n) is 5.34. The van der Waals surface area contributed by atoms with Gasteiger partial charge < -0.3 is 5.73 Å². The first-order chi connectivity index (χ1) is 8.68. The van der Waals surface area contributed by atoms with Crippen molar-refractivity contribution in [2.75, 3.05) is 0 Å². The number of hydrogen-bond donors (Lipinski definition) is 2. The highest BCUT2D eigenvalue weighted by atomic mass is 35.5. The van der Waals surface area contributed by atoms with Gasteiger partial charge in [0.15, 0.2) is 0 Å². The zero-order chi connectivity index (χ0) is 13.0. The summed E-state index contributed by atoms with van der Waals surface area (Å²) in [6.45, 7) is 0. The molecule has 0 bridgehead atoms. The van der Waals surface area contributed by atoms with E-state index in [1.807, 2.05) is 30.3 Å². The number of pyridine rings is 1. The van der Waals surface area contributed by atoms with E-state index >= 15 is 0 Å². The van der Waals surface area contributed by atoms with Gasteiger partial charge in [-0.2, -0.15) is 0 Å². The van der Waals surface area contributed by atoms with Crippen molar-refractivity contribution in [3.05, 3.63) is 58.7 Å². The smallest absolute Gasteiger partial charge is 0.123 e. The maximum Gasteiger partial charge on any atom is 0.123 e. The monoisotopic (exact) mass is 277 g/mol. The molecule has 3 nitrogen and oxygen atoms in total. The van der Waals surface area contributed by atoms with Crippen molar-refractivity contribution in [2.24, 2.45) is 5.73 Å². The Hall–Kier alpha value is -1.52. The highest BCUT2D eigenvalue weighted by Crippen LogP contribution is 2.28. The van der Waals surface area contributed by atoms with Crippen LogP contribution in [0.5, 0.6) is 0 Å². The average molecular weight is 278 g/mol. The van der Waals surface area contributed by atoms with Crippen molar-refractivity contribution < 1.29 is 0 Å². The van der Waals surface area contributed by atoms with Crippen LogP contribution in [-0.4, -0.2) is 10.8 Å². The van der Waals surface area contributed by atoms with Crippen LogP contribution in [0, 0.1) is 5.41 Å². The van der Waals surface area contributed by atoms with Crippen LogP contribution in [0.2, 0.25) is 5.02 Å². The molecule has 0 aliphatic rings. The van der Waals surface area contributed by atoms with Crippen molar-refractivity contribution in [1.29, 1.82) is 5.41 Å². The maximum absolute atomic E-state index is 7.53. The highest BCUT2D eigenvalue weighted by Gasteiger charge is 2.07. The minimum Gasteiger partial charge on any atom is -0.384 e. The van der Waals surface area contributed by atoms with Gasteiger partial charge in [-0.3, -0.25) is 5.41 Å². The molecule has 0 spiro atoms. The summed E-state index contributed by atoms with van der Waals surface area (Å²) in [6, 6.07) is 11.2. The Kier molecular flexibility index (Phi) is 4.23. The zero-order valence-corrected chi connectivity index (χ0v) is 11.1. The summed E-state index contributed by atoms with van der Waals surface area (Å²) < 4.78 is 0.